The number of carbonyl (C=O) groups excluding carboxylic acids is 3. The summed E-state index contributed by atoms with van der Waals surface area (Å²) in [5.41, 5.74) is -1.61. The predicted octanol–water partition coefficient (Wildman–Crippen LogP) is -0.618. The fourth-order valence-corrected chi connectivity index (χ4v) is 3.11. The summed E-state index contributed by atoms with van der Waals surface area (Å²) in [6, 6.07) is -1.05. The van der Waals surface area contributed by atoms with Crippen molar-refractivity contribution in [3.63, 3.8) is 0 Å². The highest BCUT2D eigenvalue weighted by molar-refractivity contribution is 6.39. The van der Waals surface area contributed by atoms with Gasteiger partial charge in [0.05, 0.1) is 12.0 Å². The number of hydrogen-bond donors (Lipinski definition) is 1. The lowest BCUT2D eigenvalue weighted by molar-refractivity contribution is -0.312. The highest BCUT2D eigenvalue weighted by Gasteiger charge is 2.44. The molecular formula is C14H20NO5-. The second-order valence-electron chi connectivity index (χ2n) is 5.75. The van der Waals surface area contributed by atoms with Gasteiger partial charge in [-0.1, -0.05) is 19.3 Å². The van der Waals surface area contributed by atoms with Crippen molar-refractivity contribution in [3.8, 4) is 0 Å². The average Bonchev–Trinajstić information content (AvgIpc) is 2.46. The van der Waals surface area contributed by atoms with Crippen molar-refractivity contribution in [1.82, 2.24) is 4.90 Å². The van der Waals surface area contributed by atoms with E-state index in [1.807, 2.05) is 0 Å². The Morgan fingerprint density at radius 2 is 1.70 bits per heavy atom. The molecule has 1 atom stereocenters. The SMILES string of the molecule is O=C([O-])C1CCCCN1C(=O)C(=O)C1(O)CCCCC1. The maximum absolute atomic E-state index is 12.2. The van der Waals surface area contributed by atoms with E-state index in [2.05, 4.69) is 0 Å². The number of amides is 1. The van der Waals surface area contributed by atoms with E-state index in [9.17, 15) is 24.6 Å². The molecule has 1 heterocycles. The van der Waals surface area contributed by atoms with Gasteiger partial charge in [0.15, 0.2) is 0 Å². The van der Waals surface area contributed by atoms with Gasteiger partial charge in [-0.2, -0.15) is 0 Å². The molecule has 0 aromatic heterocycles. The van der Waals surface area contributed by atoms with Crippen molar-refractivity contribution in [2.45, 2.75) is 63.0 Å². The van der Waals surface area contributed by atoms with Crippen LogP contribution in [0.25, 0.3) is 0 Å². The van der Waals surface area contributed by atoms with Crippen LogP contribution in [0, 0.1) is 0 Å². The van der Waals surface area contributed by atoms with Gasteiger partial charge in [-0.25, -0.2) is 0 Å². The van der Waals surface area contributed by atoms with Gasteiger partial charge in [0.1, 0.15) is 5.60 Å². The molecular weight excluding hydrogens is 262 g/mol. The van der Waals surface area contributed by atoms with Crippen LogP contribution in [0.1, 0.15) is 51.4 Å². The minimum absolute atomic E-state index is 0.235. The summed E-state index contributed by atoms with van der Waals surface area (Å²) in [5.74, 6) is -3.06. The van der Waals surface area contributed by atoms with Crippen molar-refractivity contribution < 1.29 is 24.6 Å². The standard InChI is InChI=1S/C14H21NO5/c16-11(14(20)7-3-1-4-8-14)12(17)15-9-5-2-6-10(15)13(18)19/h10,20H,1-9H2,(H,18,19)/p-1. The first-order valence-corrected chi connectivity index (χ1v) is 7.24. The van der Waals surface area contributed by atoms with Gasteiger partial charge in [0, 0.05) is 6.54 Å². The Labute approximate surface area is 117 Å². The molecule has 20 heavy (non-hydrogen) atoms. The zero-order chi connectivity index (χ0) is 14.8. The van der Waals surface area contributed by atoms with Crippen LogP contribution < -0.4 is 5.11 Å². The molecule has 1 N–H and O–H groups in total. The second-order valence-corrected chi connectivity index (χ2v) is 5.75. The van der Waals surface area contributed by atoms with Crippen LogP contribution in [0.5, 0.6) is 0 Å². The molecule has 1 aliphatic heterocycles. The third-order valence-corrected chi connectivity index (χ3v) is 4.33. The first kappa shape index (κ1) is 15.0. The highest BCUT2D eigenvalue weighted by atomic mass is 16.4. The molecule has 112 valence electrons. The first-order valence-electron chi connectivity index (χ1n) is 7.24. The summed E-state index contributed by atoms with van der Waals surface area (Å²) in [7, 11) is 0. The maximum atomic E-state index is 12.2. The van der Waals surface area contributed by atoms with E-state index in [1.54, 1.807) is 0 Å². The lowest BCUT2D eigenvalue weighted by Gasteiger charge is -2.38. The number of Topliss-reactive ketones (excluding diaryl/α,β-unsaturated/α-hetero) is 1. The summed E-state index contributed by atoms with van der Waals surface area (Å²) >= 11 is 0. The summed E-state index contributed by atoms with van der Waals surface area (Å²) in [6.07, 6.45) is 4.58. The Morgan fingerprint density at radius 3 is 2.30 bits per heavy atom. The van der Waals surface area contributed by atoms with Gasteiger partial charge in [0.2, 0.25) is 0 Å². The molecule has 0 aromatic carbocycles. The molecule has 6 nitrogen and oxygen atoms in total. The predicted molar refractivity (Wildman–Crippen MR) is 67.4 cm³/mol. The fraction of sp³-hybridized carbons (Fsp3) is 0.786. The Hall–Kier alpha value is -1.43. The van der Waals surface area contributed by atoms with Crippen molar-refractivity contribution in [2.24, 2.45) is 0 Å². The summed E-state index contributed by atoms with van der Waals surface area (Å²) in [5, 5.41) is 21.4. The smallest absolute Gasteiger partial charge is 0.293 e. The number of likely N-dealkylation sites (tertiary alicyclic amines) is 1. The Balaban J connectivity index is 2.12. The molecule has 0 aromatic rings. The molecule has 2 aliphatic rings. The first-order chi connectivity index (χ1) is 9.46. The number of aliphatic carboxylic acids is 1. The van der Waals surface area contributed by atoms with Crippen LogP contribution in [0.3, 0.4) is 0 Å². The fourth-order valence-electron chi connectivity index (χ4n) is 3.11. The number of carboxylic acid groups (broad SMARTS) is 1. The van der Waals surface area contributed by atoms with Crippen molar-refractivity contribution >= 4 is 17.7 Å². The molecule has 6 heteroatoms. The molecule has 0 bridgehead atoms. The molecule has 1 unspecified atom stereocenters. The molecule has 2 fully saturated rings. The van der Waals surface area contributed by atoms with E-state index in [4.69, 9.17) is 0 Å². The second kappa shape index (κ2) is 5.91. The van der Waals surface area contributed by atoms with Crippen LogP contribution >= 0.6 is 0 Å². The highest BCUT2D eigenvalue weighted by Crippen LogP contribution is 2.30. The van der Waals surface area contributed by atoms with Crippen LogP contribution in [0.2, 0.25) is 0 Å². The number of piperidine rings is 1. The lowest BCUT2D eigenvalue weighted by Crippen LogP contribution is -2.58. The molecule has 1 saturated heterocycles. The van der Waals surface area contributed by atoms with E-state index in [0.717, 1.165) is 11.3 Å². The van der Waals surface area contributed by atoms with E-state index in [-0.39, 0.29) is 19.4 Å². The molecule has 2 rings (SSSR count). The number of hydrogen-bond acceptors (Lipinski definition) is 5. The lowest BCUT2D eigenvalue weighted by atomic mass is 9.81. The van der Waals surface area contributed by atoms with Crippen molar-refractivity contribution in [1.29, 1.82) is 0 Å². The summed E-state index contributed by atoms with van der Waals surface area (Å²) in [6.45, 7) is 0.235. The Bertz CT molecular complexity index is 414. The van der Waals surface area contributed by atoms with Gasteiger partial charge in [-0.05, 0) is 32.1 Å². The van der Waals surface area contributed by atoms with Crippen LogP contribution in [-0.4, -0.2) is 45.9 Å². The quantitative estimate of drug-likeness (QED) is 0.696. The van der Waals surface area contributed by atoms with E-state index in [1.165, 1.54) is 0 Å². The van der Waals surface area contributed by atoms with Gasteiger partial charge in [-0.3, -0.25) is 9.59 Å². The number of nitrogens with zero attached hydrogens (tertiary/aromatic N) is 1. The molecule has 1 amide bonds. The van der Waals surface area contributed by atoms with Crippen molar-refractivity contribution in [2.75, 3.05) is 6.54 Å². The third-order valence-electron chi connectivity index (χ3n) is 4.33. The molecule has 1 saturated carbocycles. The topological polar surface area (TPSA) is 97.7 Å². The minimum Gasteiger partial charge on any atom is -0.548 e. The van der Waals surface area contributed by atoms with E-state index < -0.39 is 29.3 Å². The third kappa shape index (κ3) is 2.85. The van der Waals surface area contributed by atoms with Crippen LogP contribution in [0.4, 0.5) is 0 Å². The molecule has 0 spiro atoms. The van der Waals surface area contributed by atoms with Gasteiger partial charge < -0.3 is 19.9 Å². The Kier molecular flexibility index (Phi) is 4.42. The van der Waals surface area contributed by atoms with Gasteiger partial charge >= 0.3 is 0 Å². The van der Waals surface area contributed by atoms with Crippen molar-refractivity contribution in [3.05, 3.63) is 0 Å². The molecule has 1 aliphatic carbocycles. The number of carbonyl (C=O) groups is 3. The number of ketones is 1. The minimum atomic E-state index is -1.61. The number of rotatable bonds is 3. The van der Waals surface area contributed by atoms with Crippen LogP contribution in [-0.2, 0) is 14.4 Å². The average molecular weight is 282 g/mol. The normalized spacial score (nSPS) is 26.1. The zero-order valence-corrected chi connectivity index (χ0v) is 11.5. The largest absolute Gasteiger partial charge is 0.548 e. The van der Waals surface area contributed by atoms with E-state index >= 15 is 0 Å². The van der Waals surface area contributed by atoms with E-state index in [0.29, 0.717) is 32.1 Å². The molecule has 0 radical (unpaired) electrons. The zero-order valence-electron chi connectivity index (χ0n) is 11.5. The summed E-state index contributed by atoms with van der Waals surface area (Å²) < 4.78 is 0. The maximum Gasteiger partial charge on any atom is 0.293 e. The van der Waals surface area contributed by atoms with Gasteiger partial charge in [0.25, 0.3) is 11.7 Å². The Morgan fingerprint density at radius 1 is 1.05 bits per heavy atom. The monoisotopic (exact) mass is 282 g/mol. The number of carboxylic acids is 1. The van der Waals surface area contributed by atoms with Gasteiger partial charge in [-0.15, -0.1) is 0 Å². The van der Waals surface area contributed by atoms with Crippen LogP contribution in [0.15, 0.2) is 0 Å². The number of aliphatic hydroxyl groups is 1. The summed E-state index contributed by atoms with van der Waals surface area (Å²) in [4.78, 5) is 36.6.